The molecule has 0 aliphatic rings. The maximum absolute atomic E-state index is 12.0. The van der Waals surface area contributed by atoms with Crippen LogP contribution in [0.5, 0.6) is 0 Å². The van der Waals surface area contributed by atoms with Gasteiger partial charge in [-0.25, -0.2) is 4.79 Å². The summed E-state index contributed by atoms with van der Waals surface area (Å²) in [5.74, 6) is -0.949. The zero-order chi connectivity index (χ0) is 13.4. The lowest BCUT2D eigenvalue weighted by molar-refractivity contribution is -0.134. The van der Waals surface area contributed by atoms with E-state index in [-0.39, 0.29) is 12.5 Å². The summed E-state index contributed by atoms with van der Waals surface area (Å²) >= 11 is 0. The zero-order valence-electron chi connectivity index (χ0n) is 9.91. The molecule has 0 saturated heterocycles. The first-order chi connectivity index (χ1) is 8.69. The Labute approximate surface area is 105 Å². The van der Waals surface area contributed by atoms with Crippen LogP contribution in [0.15, 0.2) is 42.6 Å². The van der Waals surface area contributed by atoms with Crippen molar-refractivity contribution in [3.8, 4) is 0 Å². The average molecular weight is 247 g/mol. The van der Waals surface area contributed by atoms with Gasteiger partial charge in [-0.15, -0.1) is 0 Å². The van der Waals surface area contributed by atoms with E-state index in [0.717, 1.165) is 11.0 Å². The molecule has 0 saturated carbocycles. The van der Waals surface area contributed by atoms with E-state index >= 15 is 0 Å². The van der Waals surface area contributed by atoms with Crippen LogP contribution in [0.4, 0.5) is 0 Å². The minimum Gasteiger partial charge on any atom is -0.466 e. The third kappa shape index (κ3) is 3.86. The summed E-state index contributed by atoms with van der Waals surface area (Å²) in [6, 6.07) is 8.48. The van der Waals surface area contributed by atoms with Crippen LogP contribution in [-0.2, 0) is 14.3 Å². The van der Waals surface area contributed by atoms with Gasteiger partial charge in [0.2, 0.25) is 0 Å². The second kappa shape index (κ2) is 7.01. The highest BCUT2D eigenvalue weighted by Gasteiger charge is 2.12. The van der Waals surface area contributed by atoms with Crippen LogP contribution in [0.3, 0.4) is 0 Å². The average Bonchev–Trinajstić information content (AvgIpc) is 2.43. The van der Waals surface area contributed by atoms with E-state index in [1.54, 1.807) is 30.3 Å². The van der Waals surface area contributed by atoms with Crippen LogP contribution < -0.4 is 0 Å². The van der Waals surface area contributed by atoms with Gasteiger partial charge in [-0.3, -0.25) is 4.79 Å². The number of esters is 1. The van der Waals surface area contributed by atoms with Crippen LogP contribution in [0.1, 0.15) is 10.4 Å². The van der Waals surface area contributed by atoms with Crippen molar-refractivity contribution >= 4 is 18.2 Å². The fourth-order valence-electron chi connectivity index (χ4n) is 1.26. The number of aldehydes is 1. The molecule has 1 aromatic rings. The lowest BCUT2D eigenvalue weighted by Gasteiger charge is -2.14. The fraction of sp³-hybridized carbons (Fsp3) is 0.154. The second-order valence-corrected chi connectivity index (χ2v) is 3.33. The third-order valence-corrected chi connectivity index (χ3v) is 2.14. The molecule has 1 rings (SSSR count). The Balaban J connectivity index is 2.85. The van der Waals surface area contributed by atoms with Gasteiger partial charge in [-0.1, -0.05) is 18.2 Å². The van der Waals surface area contributed by atoms with Crippen molar-refractivity contribution in [3.05, 3.63) is 48.2 Å². The van der Waals surface area contributed by atoms with E-state index in [1.807, 2.05) is 0 Å². The van der Waals surface area contributed by atoms with Crippen LogP contribution in [0.2, 0.25) is 0 Å². The van der Waals surface area contributed by atoms with E-state index in [2.05, 4.69) is 4.74 Å². The number of benzene rings is 1. The van der Waals surface area contributed by atoms with Crippen LogP contribution in [0, 0.1) is 0 Å². The molecule has 1 amide bonds. The van der Waals surface area contributed by atoms with E-state index < -0.39 is 5.97 Å². The minimum absolute atomic E-state index is 0.124. The van der Waals surface area contributed by atoms with Gasteiger partial charge < -0.3 is 14.4 Å². The molecule has 0 radical (unpaired) electrons. The summed E-state index contributed by atoms with van der Waals surface area (Å²) in [5.41, 5.74) is 0.439. The van der Waals surface area contributed by atoms with Crippen molar-refractivity contribution in [3.63, 3.8) is 0 Å². The molecule has 5 heteroatoms. The van der Waals surface area contributed by atoms with Gasteiger partial charge in [-0.2, -0.15) is 0 Å². The van der Waals surface area contributed by atoms with Gasteiger partial charge in [-0.05, 0) is 12.1 Å². The van der Waals surface area contributed by atoms with E-state index in [9.17, 15) is 14.4 Å². The molecule has 1 aromatic carbocycles. The van der Waals surface area contributed by atoms with Crippen molar-refractivity contribution in [2.75, 3.05) is 13.7 Å². The van der Waals surface area contributed by atoms with E-state index in [1.165, 1.54) is 13.3 Å². The van der Waals surface area contributed by atoms with Crippen LogP contribution in [0.25, 0.3) is 0 Å². The van der Waals surface area contributed by atoms with Crippen molar-refractivity contribution in [2.45, 2.75) is 0 Å². The van der Waals surface area contributed by atoms with Gasteiger partial charge in [0.05, 0.1) is 13.7 Å². The first kappa shape index (κ1) is 13.6. The molecule has 0 N–H and O–H groups in total. The summed E-state index contributed by atoms with van der Waals surface area (Å²) < 4.78 is 4.41. The predicted molar refractivity (Wildman–Crippen MR) is 64.7 cm³/mol. The maximum atomic E-state index is 12.0. The normalized spacial score (nSPS) is 10.1. The highest BCUT2D eigenvalue weighted by atomic mass is 16.5. The number of hydrogen-bond acceptors (Lipinski definition) is 4. The molecule has 0 aromatic heterocycles. The second-order valence-electron chi connectivity index (χ2n) is 3.33. The quantitative estimate of drug-likeness (QED) is 0.442. The third-order valence-electron chi connectivity index (χ3n) is 2.14. The smallest absolute Gasteiger partial charge is 0.331 e. The fourth-order valence-corrected chi connectivity index (χ4v) is 1.26. The Morgan fingerprint density at radius 2 is 1.94 bits per heavy atom. The molecule has 0 heterocycles. The Morgan fingerprint density at radius 3 is 2.50 bits per heavy atom. The summed E-state index contributed by atoms with van der Waals surface area (Å²) in [7, 11) is 1.23. The van der Waals surface area contributed by atoms with Crippen molar-refractivity contribution in [2.24, 2.45) is 0 Å². The van der Waals surface area contributed by atoms with Gasteiger partial charge in [0.15, 0.2) is 0 Å². The lowest BCUT2D eigenvalue weighted by atomic mass is 10.2. The molecule has 94 valence electrons. The van der Waals surface area contributed by atoms with Gasteiger partial charge >= 0.3 is 5.97 Å². The number of carbonyl (C=O) groups excluding carboxylic acids is 3. The van der Waals surface area contributed by atoms with E-state index in [0.29, 0.717) is 11.8 Å². The summed E-state index contributed by atoms with van der Waals surface area (Å²) in [4.78, 5) is 34.6. The lowest BCUT2D eigenvalue weighted by Crippen LogP contribution is -2.27. The first-order valence-corrected chi connectivity index (χ1v) is 5.25. The largest absolute Gasteiger partial charge is 0.466 e. The Hall–Kier alpha value is -2.43. The van der Waals surface area contributed by atoms with Gasteiger partial charge in [0.1, 0.15) is 6.29 Å². The Morgan fingerprint density at radius 1 is 1.28 bits per heavy atom. The van der Waals surface area contributed by atoms with Gasteiger partial charge in [0.25, 0.3) is 5.91 Å². The minimum atomic E-state index is -0.591. The van der Waals surface area contributed by atoms with Crippen molar-refractivity contribution < 1.29 is 19.1 Å². The molecule has 0 fully saturated rings. The van der Waals surface area contributed by atoms with Gasteiger partial charge in [0, 0.05) is 17.8 Å². The first-order valence-electron chi connectivity index (χ1n) is 5.25. The molecule has 0 aliphatic carbocycles. The highest BCUT2D eigenvalue weighted by Crippen LogP contribution is 2.04. The zero-order valence-corrected chi connectivity index (χ0v) is 9.91. The summed E-state index contributed by atoms with van der Waals surface area (Å²) in [6.07, 6.45) is 2.91. The number of methoxy groups -OCH3 is 1. The summed E-state index contributed by atoms with van der Waals surface area (Å²) in [6.45, 7) is -0.124. The standard InChI is InChI=1S/C13H13NO4/c1-18-12(16)7-8-14(9-10-15)13(17)11-5-3-2-4-6-11/h2-8,10H,9H2,1H3/b8-7+. The number of nitrogens with zero attached hydrogens (tertiary/aromatic N) is 1. The number of carbonyl (C=O) groups is 3. The molecule has 0 aliphatic heterocycles. The highest BCUT2D eigenvalue weighted by molar-refractivity contribution is 5.96. The maximum Gasteiger partial charge on any atom is 0.331 e. The Kier molecular flexibility index (Phi) is 5.31. The molecular weight excluding hydrogens is 234 g/mol. The van der Waals surface area contributed by atoms with Crippen LogP contribution in [-0.4, -0.2) is 36.7 Å². The Bertz CT molecular complexity index is 453. The van der Waals surface area contributed by atoms with E-state index in [4.69, 9.17) is 0 Å². The molecule has 0 spiro atoms. The molecule has 5 nitrogen and oxygen atoms in total. The monoisotopic (exact) mass is 247 g/mol. The molecule has 18 heavy (non-hydrogen) atoms. The van der Waals surface area contributed by atoms with Crippen molar-refractivity contribution in [1.29, 1.82) is 0 Å². The molecule has 0 unspecified atom stereocenters. The summed E-state index contributed by atoms with van der Waals surface area (Å²) in [5, 5.41) is 0. The number of hydrogen-bond donors (Lipinski definition) is 0. The van der Waals surface area contributed by atoms with Crippen LogP contribution >= 0.6 is 0 Å². The number of amides is 1. The topological polar surface area (TPSA) is 63.7 Å². The molecule has 0 atom stereocenters. The van der Waals surface area contributed by atoms with Crippen molar-refractivity contribution in [1.82, 2.24) is 4.90 Å². The molecule has 0 bridgehead atoms. The SMILES string of the molecule is COC(=O)/C=C/N(CC=O)C(=O)c1ccccc1. The predicted octanol–water partition coefficient (Wildman–Crippen LogP) is 1.01. The number of rotatable bonds is 5. The molecular formula is C13H13NO4. The number of ether oxygens (including phenoxy) is 1.